The summed E-state index contributed by atoms with van der Waals surface area (Å²) in [6.45, 7) is 10.4. The fraction of sp³-hybridized carbons (Fsp3) is 0.475. The molecule has 2 amide bonds. The molecule has 18 heteroatoms. The fourth-order valence-electron chi connectivity index (χ4n) is 7.18. The first kappa shape index (κ1) is 42.7. The highest BCUT2D eigenvalue weighted by Gasteiger charge is 2.62. The molecule has 6 rings (SSSR count). The number of nitrogens with one attached hydrogen (secondary N) is 2. The third-order valence-electron chi connectivity index (χ3n) is 10.4. The number of carbonyl (C=O) groups excluding carboxylic acids is 2. The number of alkyl halides is 3. The Morgan fingerprint density at radius 3 is 2.38 bits per heavy atom. The van der Waals surface area contributed by atoms with Crippen LogP contribution >= 0.6 is 11.6 Å². The van der Waals surface area contributed by atoms with E-state index in [2.05, 4.69) is 20.4 Å². The number of hydrogen-bond donors (Lipinski definition) is 2. The minimum Gasteiger partial charge on any atom is -0.477 e. The van der Waals surface area contributed by atoms with Crippen LogP contribution in [0.25, 0.3) is 5.82 Å². The second-order valence-corrected chi connectivity index (χ2v) is 18.5. The molecule has 2 N–H and O–H groups in total. The molecule has 312 valence electrons. The van der Waals surface area contributed by atoms with Gasteiger partial charge >= 0.3 is 12.3 Å². The van der Waals surface area contributed by atoms with Crippen LogP contribution < -0.4 is 14.8 Å². The van der Waals surface area contributed by atoms with Gasteiger partial charge in [-0.2, -0.15) is 21.6 Å². The van der Waals surface area contributed by atoms with Gasteiger partial charge in [0.15, 0.2) is 10.8 Å². The highest BCUT2D eigenvalue weighted by Crippen LogP contribution is 2.59. The molecule has 1 saturated heterocycles. The lowest BCUT2D eigenvalue weighted by molar-refractivity contribution is -0.190. The zero-order valence-corrected chi connectivity index (χ0v) is 34.4. The molecular weight excluding hydrogens is 799 g/mol. The Hall–Kier alpha value is -4.90. The molecule has 1 aliphatic carbocycles. The van der Waals surface area contributed by atoms with E-state index in [9.17, 15) is 31.2 Å². The quantitative estimate of drug-likeness (QED) is 0.119. The number of rotatable bonds is 14. The number of carbonyl (C=O) groups is 2. The molecule has 1 aromatic carbocycles. The van der Waals surface area contributed by atoms with Crippen molar-refractivity contribution in [2.75, 3.05) is 25.0 Å². The molecule has 13 nitrogen and oxygen atoms in total. The molecule has 58 heavy (non-hydrogen) atoms. The van der Waals surface area contributed by atoms with Crippen molar-refractivity contribution in [3.63, 3.8) is 0 Å². The van der Waals surface area contributed by atoms with Crippen LogP contribution in [0, 0.1) is 11.3 Å². The molecule has 2 atom stereocenters. The number of aromatic nitrogens is 4. The molecule has 3 aromatic heterocycles. The monoisotopic (exact) mass is 845 g/mol. The van der Waals surface area contributed by atoms with Gasteiger partial charge in [0.1, 0.15) is 16.6 Å². The van der Waals surface area contributed by atoms with E-state index in [-0.39, 0.29) is 72.0 Å². The lowest BCUT2D eigenvalue weighted by Crippen LogP contribution is -2.45. The average Bonchev–Trinajstić information content (AvgIpc) is 3.69. The lowest BCUT2D eigenvalue weighted by atomic mass is 9.85. The molecule has 0 radical (unpaired) electrons. The van der Waals surface area contributed by atoms with E-state index in [1.807, 2.05) is 69.7 Å². The van der Waals surface area contributed by atoms with E-state index in [1.165, 1.54) is 41.2 Å². The maximum absolute atomic E-state index is 13.4. The van der Waals surface area contributed by atoms with Crippen molar-refractivity contribution in [1.82, 2.24) is 29.4 Å². The van der Waals surface area contributed by atoms with Crippen molar-refractivity contribution in [2.45, 2.75) is 95.0 Å². The Bertz CT molecular complexity index is 2230. The van der Waals surface area contributed by atoms with Gasteiger partial charge < -0.3 is 19.7 Å². The van der Waals surface area contributed by atoms with Crippen LogP contribution in [0.2, 0.25) is 5.15 Å². The molecule has 0 spiro atoms. The van der Waals surface area contributed by atoms with Gasteiger partial charge in [-0.15, -0.1) is 5.10 Å². The summed E-state index contributed by atoms with van der Waals surface area (Å²) in [5.74, 6) is -0.384. The van der Waals surface area contributed by atoms with E-state index in [0.29, 0.717) is 13.1 Å². The van der Waals surface area contributed by atoms with E-state index in [4.69, 9.17) is 21.1 Å². The van der Waals surface area contributed by atoms with Gasteiger partial charge in [0.2, 0.25) is 5.88 Å². The highest BCUT2D eigenvalue weighted by molar-refractivity contribution is 7.90. The number of ether oxygens (including phenoxy) is 2. The summed E-state index contributed by atoms with van der Waals surface area (Å²) in [7, 11) is -4.47. The van der Waals surface area contributed by atoms with Crippen molar-refractivity contribution in [2.24, 2.45) is 11.3 Å². The highest BCUT2D eigenvalue weighted by atomic mass is 35.5. The predicted molar refractivity (Wildman–Crippen MR) is 211 cm³/mol. The van der Waals surface area contributed by atoms with E-state index >= 15 is 0 Å². The van der Waals surface area contributed by atoms with Gasteiger partial charge in [-0.1, -0.05) is 48.0 Å². The number of halogens is 4. The van der Waals surface area contributed by atoms with Gasteiger partial charge in [0.05, 0.1) is 17.6 Å². The number of amides is 2. The Labute approximate surface area is 340 Å². The van der Waals surface area contributed by atoms with Crippen molar-refractivity contribution >= 4 is 39.4 Å². The number of likely N-dealkylation sites (tertiary alicyclic amines) is 1. The summed E-state index contributed by atoms with van der Waals surface area (Å²) < 4.78 is 80.8. The average molecular weight is 846 g/mol. The van der Waals surface area contributed by atoms with Crippen LogP contribution in [-0.4, -0.2) is 82.1 Å². The van der Waals surface area contributed by atoms with Crippen molar-refractivity contribution in [1.29, 1.82) is 0 Å². The SMILES string of the molecule is CC(C)(C)OC(=O)N1CC(CC(CNc2cccc(S(=O)(=O)NC(=O)c3ccc(-n4ccc(OCCC5(C(F)(F)F)CC5)n4)nc3Cl)n2)c2ccccc2)CC1(C)C. The first-order chi connectivity index (χ1) is 27.1. The number of anilines is 1. The standard InChI is InChI=1S/C40H47ClF3N7O6S/c1-37(2,3)57-36(53)50-25-26(23-38(50,4)5)22-28(27-10-7-6-8-11-27)24-45-30-12-9-13-33(46-30)58(54,55)49-35(52)29-14-15-31(47-34(29)41)51-20-16-32(48-51)56-21-19-39(17-18-39)40(42,43)44/h6-16,20,26,28H,17-19,21-25H2,1-5H3,(H,45,46)(H,49,52). The Morgan fingerprint density at radius 2 is 1.72 bits per heavy atom. The van der Waals surface area contributed by atoms with Crippen molar-refractivity contribution in [3.8, 4) is 11.7 Å². The normalized spacial score (nSPS) is 18.0. The molecule has 1 aliphatic heterocycles. The molecule has 4 aromatic rings. The fourth-order valence-corrected chi connectivity index (χ4v) is 8.35. The number of hydrogen-bond acceptors (Lipinski definition) is 10. The molecule has 1 saturated carbocycles. The number of pyridine rings is 2. The molecule has 4 heterocycles. The lowest BCUT2D eigenvalue weighted by Gasteiger charge is -2.33. The maximum Gasteiger partial charge on any atom is 0.410 e. The topological polar surface area (TPSA) is 158 Å². The Morgan fingerprint density at radius 1 is 1.00 bits per heavy atom. The summed E-state index contributed by atoms with van der Waals surface area (Å²) in [6.07, 6.45) is -1.67. The third kappa shape index (κ3) is 10.2. The van der Waals surface area contributed by atoms with Crippen LogP contribution in [0.5, 0.6) is 5.88 Å². The molecule has 2 fully saturated rings. The number of sulfonamides is 1. The van der Waals surface area contributed by atoms with Gasteiger partial charge in [-0.05, 0) is 102 Å². The summed E-state index contributed by atoms with van der Waals surface area (Å²) in [5.41, 5.74) is -1.87. The smallest absolute Gasteiger partial charge is 0.410 e. The number of nitrogens with zero attached hydrogens (tertiary/aromatic N) is 5. The summed E-state index contributed by atoms with van der Waals surface area (Å²) in [5, 5.41) is 6.71. The second-order valence-electron chi connectivity index (χ2n) is 16.5. The van der Waals surface area contributed by atoms with Gasteiger partial charge in [-0.3, -0.25) is 4.79 Å². The Balaban J connectivity index is 1.07. The van der Waals surface area contributed by atoms with Crippen LogP contribution in [0.4, 0.5) is 23.8 Å². The van der Waals surface area contributed by atoms with Crippen LogP contribution in [0.15, 0.2) is 78.0 Å². The zero-order valence-electron chi connectivity index (χ0n) is 32.8. The minimum atomic E-state index is -4.47. The number of benzene rings is 1. The van der Waals surface area contributed by atoms with Gasteiger partial charge in [-0.25, -0.2) is 24.2 Å². The predicted octanol–water partition coefficient (Wildman–Crippen LogP) is 8.17. The second kappa shape index (κ2) is 16.4. The largest absolute Gasteiger partial charge is 0.477 e. The first-order valence-corrected chi connectivity index (χ1v) is 20.8. The maximum atomic E-state index is 13.4. The summed E-state index contributed by atoms with van der Waals surface area (Å²) >= 11 is 6.31. The minimum absolute atomic E-state index is 0.0149. The molecular formula is C40H47ClF3N7O6S. The van der Waals surface area contributed by atoms with Crippen LogP contribution in [0.1, 0.15) is 88.6 Å². The van der Waals surface area contributed by atoms with E-state index in [1.54, 1.807) is 11.0 Å². The molecule has 2 unspecified atom stereocenters. The zero-order chi connectivity index (χ0) is 42.1. The Kier molecular flexibility index (Phi) is 12.1. The third-order valence-corrected chi connectivity index (χ3v) is 11.9. The first-order valence-electron chi connectivity index (χ1n) is 18.9. The summed E-state index contributed by atoms with van der Waals surface area (Å²) in [4.78, 5) is 36.5. The van der Waals surface area contributed by atoms with E-state index in [0.717, 1.165) is 18.4 Å². The van der Waals surface area contributed by atoms with Crippen molar-refractivity contribution in [3.05, 3.63) is 89.2 Å². The van der Waals surface area contributed by atoms with E-state index < -0.39 is 43.7 Å². The molecule has 0 bridgehead atoms. The molecule has 2 aliphatic rings. The van der Waals surface area contributed by atoms with Gasteiger partial charge in [0, 0.05) is 36.8 Å². The van der Waals surface area contributed by atoms with Crippen molar-refractivity contribution < 1.29 is 40.7 Å². The van der Waals surface area contributed by atoms with Gasteiger partial charge in [0.25, 0.3) is 15.9 Å². The van der Waals surface area contributed by atoms with Crippen LogP contribution in [-0.2, 0) is 14.8 Å². The van der Waals surface area contributed by atoms with Crippen LogP contribution in [0.3, 0.4) is 0 Å². The summed E-state index contributed by atoms with van der Waals surface area (Å²) in [6, 6.07) is 18.4.